The first-order valence-electron chi connectivity index (χ1n) is 6.39. The standard InChI is InChI=1S/C14H20N2O2/c1-9-5-11(7-12(15)6-9)14(18)16-13-4-2-3-10(13)8-17/h5-7,10,13,17H,2-4,8,15H2,1H3,(H,16,18). The summed E-state index contributed by atoms with van der Waals surface area (Å²) in [7, 11) is 0. The monoisotopic (exact) mass is 248 g/mol. The van der Waals surface area contributed by atoms with E-state index in [1.165, 1.54) is 0 Å². The number of carbonyl (C=O) groups excluding carboxylic acids is 1. The lowest BCUT2D eigenvalue weighted by molar-refractivity contribution is 0.0916. The maximum Gasteiger partial charge on any atom is 0.251 e. The summed E-state index contributed by atoms with van der Waals surface area (Å²) in [6.07, 6.45) is 2.99. The number of anilines is 1. The number of carbonyl (C=O) groups is 1. The minimum atomic E-state index is -0.101. The Morgan fingerprint density at radius 3 is 2.89 bits per heavy atom. The van der Waals surface area contributed by atoms with E-state index < -0.39 is 0 Å². The fourth-order valence-electron chi connectivity index (χ4n) is 2.64. The van der Waals surface area contributed by atoms with Crippen LogP contribution in [0.1, 0.15) is 35.2 Å². The number of aliphatic hydroxyl groups is 1. The number of benzene rings is 1. The smallest absolute Gasteiger partial charge is 0.251 e. The Morgan fingerprint density at radius 2 is 2.22 bits per heavy atom. The highest BCUT2D eigenvalue weighted by Gasteiger charge is 2.28. The molecule has 4 N–H and O–H groups in total. The van der Waals surface area contributed by atoms with Crippen LogP contribution in [0.15, 0.2) is 18.2 Å². The molecule has 1 amide bonds. The summed E-state index contributed by atoms with van der Waals surface area (Å²) in [5, 5.41) is 12.2. The molecule has 0 spiro atoms. The number of hydrogen-bond donors (Lipinski definition) is 3. The highest BCUT2D eigenvalue weighted by atomic mass is 16.3. The van der Waals surface area contributed by atoms with Gasteiger partial charge in [0.1, 0.15) is 0 Å². The van der Waals surface area contributed by atoms with Gasteiger partial charge in [-0.25, -0.2) is 0 Å². The first-order valence-corrected chi connectivity index (χ1v) is 6.39. The largest absolute Gasteiger partial charge is 0.399 e. The molecule has 1 fully saturated rings. The first kappa shape index (κ1) is 12.9. The Balaban J connectivity index is 2.07. The van der Waals surface area contributed by atoms with Crippen LogP contribution in [0.3, 0.4) is 0 Å². The molecule has 2 unspecified atom stereocenters. The van der Waals surface area contributed by atoms with Gasteiger partial charge in [-0.05, 0) is 43.5 Å². The van der Waals surface area contributed by atoms with Crippen molar-refractivity contribution in [2.24, 2.45) is 5.92 Å². The van der Waals surface area contributed by atoms with E-state index in [4.69, 9.17) is 5.73 Å². The molecule has 2 rings (SSSR count). The molecular formula is C14H20N2O2. The number of rotatable bonds is 3. The SMILES string of the molecule is Cc1cc(N)cc(C(=O)NC2CCCC2CO)c1. The van der Waals surface area contributed by atoms with Crippen LogP contribution in [-0.2, 0) is 0 Å². The van der Waals surface area contributed by atoms with E-state index in [0.29, 0.717) is 11.3 Å². The summed E-state index contributed by atoms with van der Waals surface area (Å²) in [5.41, 5.74) is 7.91. The first-order chi connectivity index (χ1) is 8.60. The molecule has 0 saturated heterocycles. The van der Waals surface area contributed by atoms with Crippen molar-refractivity contribution in [1.29, 1.82) is 0 Å². The molecule has 0 aliphatic heterocycles. The van der Waals surface area contributed by atoms with Crippen LogP contribution in [0.25, 0.3) is 0 Å². The number of hydrogen-bond acceptors (Lipinski definition) is 3. The predicted molar refractivity (Wildman–Crippen MR) is 71.3 cm³/mol. The lowest BCUT2D eigenvalue weighted by Crippen LogP contribution is -2.38. The fourth-order valence-corrected chi connectivity index (χ4v) is 2.64. The fraction of sp³-hybridized carbons (Fsp3) is 0.500. The molecule has 0 heterocycles. The Labute approximate surface area is 107 Å². The van der Waals surface area contributed by atoms with Crippen LogP contribution in [0, 0.1) is 12.8 Å². The van der Waals surface area contributed by atoms with Crippen molar-refractivity contribution in [3.63, 3.8) is 0 Å². The van der Waals surface area contributed by atoms with E-state index in [2.05, 4.69) is 5.32 Å². The van der Waals surface area contributed by atoms with Crippen molar-refractivity contribution in [1.82, 2.24) is 5.32 Å². The zero-order valence-electron chi connectivity index (χ0n) is 10.6. The molecule has 0 bridgehead atoms. The van der Waals surface area contributed by atoms with Gasteiger partial charge in [-0.3, -0.25) is 4.79 Å². The van der Waals surface area contributed by atoms with Crippen molar-refractivity contribution in [3.8, 4) is 0 Å². The third kappa shape index (κ3) is 2.82. The second kappa shape index (κ2) is 5.40. The quantitative estimate of drug-likeness (QED) is 0.709. The van der Waals surface area contributed by atoms with Gasteiger partial charge < -0.3 is 16.2 Å². The summed E-state index contributed by atoms with van der Waals surface area (Å²) in [4.78, 5) is 12.1. The highest BCUT2D eigenvalue weighted by Crippen LogP contribution is 2.25. The molecule has 18 heavy (non-hydrogen) atoms. The average Bonchev–Trinajstić information content (AvgIpc) is 2.75. The molecular weight excluding hydrogens is 228 g/mol. The molecule has 4 nitrogen and oxygen atoms in total. The Hall–Kier alpha value is -1.55. The minimum absolute atomic E-state index is 0.0873. The van der Waals surface area contributed by atoms with Crippen molar-refractivity contribution >= 4 is 11.6 Å². The van der Waals surface area contributed by atoms with Crippen LogP contribution in [0.2, 0.25) is 0 Å². The Kier molecular flexibility index (Phi) is 3.87. The lowest BCUT2D eigenvalue weighted by atomic mass is 10.0. The van der Waals surface area contributed by atoms with Gasteiger partial charge in [0.15, 0.2) is 0 Å². The summed E-state index contributed by atoms with van der Waals surface area (Å²) in [5.74, 6) is 0.0897. The Bertz CT molecular complexity index is 425. The van der Waals surface area contributed by atoms with Crippen molar-refractivity contribution in [2.75, 3.05) is 12.3 Å². The molecule has 1 aliphatic rings. The average molecular weight is 248 g/mol. The maximum absolute atomic E-state index is 12.1. The predicted octanol–water partition coefficient (Wildman–Crippen LogP) is 1.47. The normalized spacial score (nSPS) is 23.0. The van der Waals surface area contributed by atoms with Crippen LogP contribution in [-0.4, -0.2) is 23.7 Å². The molecule has 2 atom stereocenters. The summed E-state index contributed by atoms with van der Waals surface area (Å²) in [6.45, 7) is 2.06. The van der Waals surface area contributed by atoms with Gasteiger partial charge in [0, 0.05) is 29.8 Å². The van der Waals surface area contributed by atoms with Crippen LogP contribution in [0.5, 0.6) is 0 Å². The molecule has 1 aromatic carbocycles. The van der Waals surface area contributed by atoms with E-state index in [1.807, 2.05) is 19.1 Å². The minimum Gasteiger partial charge on any atom is -0.399 e. The second-order valence-electron chi connectivity index (χ2n) is 5.09. The number of nitrogen functional groups attached to an aromatic ring is 1. The third-order valence-corrected chi connectivity index (χ3v) is 3.57. The van der Waals surface area contributed by atoms with Gasteiger partial charge >= 0.3 is 0 Å². The van der Waals surface area contributed by atoms with Crippen LogP contribution >= 0.6 is 0 Å². The maximum atomic E-state index is 12.1. The number of aliphatic hydroxyl groups excluding tert-OH is 1. The number of amides is 1. The molecule has 1 saturated carbocycles. The number of nitrogens with two attached hydrogens (primary N) is 1. The number of aryl methyl sites for hydroxylation is 1. The molecule has 4 heteroatoms. The van der Waals surface area contributed by atoms with Crippen molar-refractivity contribution in [2.45, 2.75) is 32.2 Å². The van der Waals surface area contributed by atoms with Crippen molar-refractivity contribution < 1.29 is 9.90 Å². The Morgan fingerprint density at radius 1 is 1.44 bits per heavy atom. The van der Waals surface area contributed by atoms with Crippen molar-refractivity contribution in [3.05, 3.63) is 29.3 Å². The van der Waals surface area contributed by atoms with Gasteiger partial charge in [0.25, 0.3) is 5.91 Å². The van der Waals surface area contributed by atoms with E-state index in [0.717, 1.165) is 24.8 Å². The third-order valence-electron chi connectivity index (χ3n) is 3.57. The van der Waals surface area contributed by atoms with E-state index in [9.17, 15) is 9.90 Å². The molecule has 1 aliphatic carbocycles. The summed E-state index contributed by atoms with van der Waals surface area (Å²) in [6, 6.07) is 5.44. The van der Waals surface area contributed by atoms with E-state index in [-0.39, 0.29) is 24.5 Å². The summed E-state index contributed by atoms with van der Waals surface area (Å²) >= 11 is 0. The zero-order valence-corrected chi connectivity index (χ0v) is 10.6. The summed E-state index contributed by atoms with van der Waals surface area (Å²) < 4.78 is 0. The van der Waals surface area contributed by atoms with Gasteiger partial charge in [-0.15, -0.1) is 0 Å². The van der Waals surface area contributed by atoms with Crippen LogP contribution < -0.4 is 11.1 Å². The van der Waals surface area contributed by atoms with Gasteiger partial charge in [0.05, 0.1) is 0 Å². The van der Waals surface area contributed by atoms with Gasteiger partial charge in [-0.2, -0.15) is 0 Å². The van der Waals surface area contributed by atoms with Crippen LogP contribution in [0.4, 0.5) is 5.69 Å². The highest BCUT2D eigenvalue weighted by molar-refractivity contribution is 5.95. The molecule has 0 aromatic heterocycles. The van der Waals surface area contributed by atoms with E-state index in [1.54, 1.807) is 6.07 Å². The van der Waals surface area contributed by atoms with Gasteiger partial charge in [-0.1, -0.05) is 6.42 Å². The lowest BCUT2D eigenvalue weighted by Gasteiger charge is -2.19. The molecule has 0 radical (unpaired) electrons. The van der Waals surface area contributed by atoms with Gasteiger partial charge in [0.2, 0.25) is 0 Å². The second-order valence-corrected chi connectivity index (χ2v) is 5.09. The zero-order chi connectivity index (χ0) is 13.1. The topological polar surface area (TPSA) is 75.4 Å². The van der Waals surface area contributed by atoms with E-state index >= 15 is 0 Å². The molecule has 1 aromatic rings. The number of nitrogens with one attached hydrogen (secondary N) is 1. The molecule has 98 valence electrons.